The summed E-state index contributed by atoms with van der Waals surface area (Å²) in [5, 5.41) is 7.95. The third kappa shape index (κ3) is 9.20. The summed E-state index contributed by atoms with van der Waals surface area (Å²) in [5.74, 6) is 0.827. The molecule has 1 heterocycles. The molecular formula is C30H45NO6. The molecular weight excluding hydrogens is 470 g/mol. The van der Waals surface area contributed by atoms with Gasteiger partial charge in [0.25, 0.3) is 0 Å². The molecule has 0 bridgehead atoms. The van der Waals surface area contributed by atoms with Crippen LogP contribution in [-0.4, -0.2) is 28.6 Å². The molecule has 0 saturated heterocycles. The van der Waals surface area contributed by atoms with Crippen LogP contribution < -0.4 is 15.2 Å². The third-order valence-corrected chi connectivity index (χ3v) is 6.96. The predicted octanol–water partition coefficient (Wildman–Crippen LogP) is 6.32. The van der Waals surface area contributed by atoms with Gasteiger partial charge in [-0.2, -0.15) is 0 Å². The molecule has 1 aliphatic heterocycles. The number of aliphatic carboxylic acids is 1. The molecule has 0 radical (unpaired) electrons. The van der Waals surface area contributed by atoms with E-state index in [0.717, 1.165) is 42.7 Å². The van der Waals surface area contributed by atoms with Crippen molar-refractivity contribution < 1.29 is 29.0 Å². The first kappa shape index (κ1) is 30.4. The van der Waals surface area contributed by atoms with Crippen LogP contribution in [0.4, 0.5) is 0 Å². The van der Waals surface area contributed by atoms with Crippen molar-refractivity contribution in [3.63, 3.8) is 0 Å². The molecule has 0 saturated carbocycles. The molecule has 0 spiro atoms. The molecule has 7 heteroatoms. The number of hydrogen-bond acceptors (Lipinski definition) is 5. The maximum Gasteiger partial charge on any atom is 0.311 e. The summed E-state index contributed by atoms with van der Waals surface area (Å²) in [4.78, 5) is 32.1. The van der Waals surface area contributed by atoms with E-state index in [1.165, 1.54) is 24.0 Å². The number of aryl methyl sites for hydroxylation is 1. The predicted molar refractivity (Wildman–Crippen MR) is 145 cm³/mol. The Labute approximate surface area is 221 Å². The number of fused-ring (bicyclic) bond motifs is 3. The van der Waals surface area contributed by atoms with Gasteiger partial charge in [0.1, 0.15) is 17.1 Å². The molecule has 3 N–H and O–H groups in total. The van der Waals surface area contributed by atoms with Crippen molar-refractivity contribution in [3.05, 3.63) is 34.9 Å². The van der Waals surface area contributed by atoms with E-state index in [2.05, 4.69) is 51.6 Å². The fourth-order valence-corrected chi connectivity index (χ4v) is 5.10. The van der Waals surface area contributed by atoms with E-state index in [0.29, 0.717) is 12.3 Å². The molecule has 3 rings (SSSR count). The van der Waals surface area contributed by atoms with Crippen molar-refractivity contribution in [2.45, 2.75) is 111 Å². The number of carbonyl (C=O) groups excluding carboxylic acids is 2. The minimum Gasteiger partial charge on any atom is -0.487 e. The van der Waals surface area contributed by atoms with E-state index in [1.54, 1.807) is 0 Å². The van der Waals surface area contributed by atoms with Gasteiger partial charge in [-0.05, 0) is 70.1 Å². The second kappa shape index (κ2) is 13.6. The summed E-state index contributed by atoms with van der Waals surface area (Å²) in [5.41, 5.74) is 8.11. The Morgan fingerprint density at radius 1 is 1.19 bits per heavy atom. The first-order chi connectivity index (χ1) is 17.3. The highest BCUT2D eigenvalue weighted by atomic mass is 16.5. The Morgan fingerprint density at radius 3 is 2.46 bits per heavy atom. The summed E-state index contributed by atoms with van der Waals surface area (Å²) < 4.78 is 12.5. The number of hydrogen-bond donors (Lipinski definition) is 2. The lowest BCUT2D eigenvalue weighted by atomic mass is 9.68. The lowest BCUT2D eigenvalue weighted by molar-refractivity contribution is -0.138. The van der Waals surface area contributed by atoms with Crippen LogP contribution in [0, 0.1) is 11.8 Å². The Bertz CT molecular complexity index is 980. The van der Waals surface area contributed by atoms with Crippen molar-refractivity contribution in [2.24, 2.45) is 17.6 Å². The number of carboxylic acids is 1. The van der Waals surface area contributed by atoms with Gasteiger partial charge in [0, 0.05) is 30.2 Å². The molecule has 206 valence electrons. The molecule has 7 nitrogen and oxygen atoms in total. The number of nitrogens with two attached hydrogens (primary N) is 1. The zero-order chi connectivity index (χ0) is 27.8. The van der Waals surface area contributed by atoms with Crippen LogP contribution in [0.1, 0.15) is 110 Å². The van der Waals surface area contributed by atoms with Crippen LogP contribution in [0.3, 0.4) is 0 Å². The molecule has 1 amide bonds. The second-order valence-electron chi connectivity index (χ2n) is 11.3. The lowest BCUT2D eigenvalue weighted by Crippen LogP contribution is -2.45. The van der Waals surface area contributed by atoms with Gasteiger partial charge in [-0.1, -0.05) is 45.3 Å². The molecule has 37 heavy (non-hydrogen) atoms. The number of carboxylic acid groups (broad SMARTS) is 1. The average Bonchev–Trinajstić information content (AvgIpc) is 2.77. The Balaban J connectivity index is 0.000000521. The van der Waals surface area contributed by atoms with Gasteiger partial charge < -0.3 is 20.3 Å². The highest BCUT2D eigenvalue weighted by molar-refractivity contribution is 5.79. The summed E-state index contributed by atoms with van der Waals surface area (Å²) in [7, 11) is 0. The molecule has 2 aliphatic rings. The number of allylic oxidation sites excluding steroid dienone is 2. The topological polar surface area (TPSA) is 116 Å². The van der Waals surface area contributed by atoms with E-state index in [4.69, 9.17) is 14.6 Å². The minimum absolute atomic E-state index is 0.0741. The van der Waals surface area contributed by atoms with Gasteiger partial charge in [-0.15, -0.1) is 0 Å². The van der Waals surface area contributed by atoms with Crippen molar-refractivity contribution in [1.82, 2.24) is 0 Å². The number of ether oxygens (including phenoxy) is 2. The average molecular weight is 516 g/mol. The molecule has 1 aromatic carbocycles. The number of unbranched alkanes of at least 4 members (excludes halogenated alkanes) is 2. The van der Waals surface area contributed by atoms with Gasteiger partial charge in [0.2, 0.25) is 5.91 Å². The van der Waals surface area contributed by atoms with Crippen LogP contribution in [0.5, 0.6) is 11.5 Å². The quantitative estimate of drug-likeness (QED) is 0.163. The minimum atomic E-state index is -0.996. The van der Waals surface area contributed by atoms with Crippen LogP contribution in [0.25, 0.3) is 0 Å². The lowest BCUT2D eigenvalue weighted by Gasteiger charge is -2.46. The largest absolute Gasteiger partial charge is 0.487 e. The van der Waals surface area contributed by atoms with E-state index >= 15 is 0 Å². The maximum absolute atomic E-state index is 12.6. The zero-order valence-corrected chi connectivity index (χ0v) is 23.4. The van der Waals surface area contributed by atoms with Gasteiger partial charge in [0.05, 0.1) is 6.42 Å². The molecule has 0 fully saturated rings. The Morgan fingerprint density at radius 2 is 1.89 bits per heavy atom. The molecule has 0 aromatic heterocycles. The van der Waals surface area contributed by atoms with Crippen molar-refractivity contribution in [2.75, 3.05) is 0 Å². The van der Waals surface area contributed by atoms with E-state index < -0.39 is 11.9 Å². The van der Waals surface area contributed by atoms with Crippen molar-refractivity contribution in [1.29, 1.82) is 0 Å². The smallest absolute Gasteiger partial charge is 0.311 e. The van der Waals surface area contributed by atoms with Crippen LogP contribution in [0.15, 0.2) is 23.8 Å². The fourth-order valence-electron chi connectivity index (χ4n) is 5.10. The number of amides is 1. The van der Waals surface area contributed by atoms with Crippen LogP contribution >= 0.6 is 0 Å². The van der Waals surface area contributed by atoms with Gasteiger partial charge >= 0.3 is 11.9 Å². The Hall–Kier alpha value is -2.83. The number of rotatable bonds is 10. The fraction of sp³-hybridized carbons (Fsp3) is 0.633. The maximum atomic E-state index is 12.6. The first-order valence-electron chi connectivity index (χ1n) is 13.6. The normalized spacial score (nSPS) is 19.4. The number of carbonyl (C=O) groups is 3. The van der Waals surface area contributed by atoms with Crippen molar-refractivity contribution in [3.8, 4) is 11.5 Å². The second-order valence-corrected chi connectivity index (χ2v) is 11.3. The summed E-state index contributed by atoms with van der Waals surface area (Å²) in [6.45, 7) is 12.9. The van der Waals surface area contributed by atoms with Gasteiger partial charge in [-0.25, -0.2) is 0 Å². The standard InChI is InChI=1S/C26H38O3.C4H7NO3/c1-7-8-9-10-19-15-22(28-24(27)13-17(2)3)25-20-14-18(4)11-12-21(20)26(5,6)29-23(25)16-19;5-3(6)1-2-4(7)8/h14-17,20-21H,7-13H2,1-6H3;1-2H2,(H2,5,6)(H,7,8). The van der Waals surface area contributed by atoms with E-state index in [9.17, 15) is 14.4 Å². The SMILES string of the molecule is CCCCCc1cc(OC(=O)CC(C)C)c2c(c1)OC(C)(C)C1CCC(C)=CC21.NC(=O)CCC(=O)O. The van der Waals surface area contributed by atoms with Crippen LogP contribution in [-0.2, 0) is 20.8 Å². The highest BCUT2D eigenvalue weighted by Gasteiger charge is 2.45. The number of primary amides is 1. The molecule has 2 unspecified atom stereocenters. The summed E-state index contributed by atoms with van der Waals surface area (Å²) >= 11 is 0. The van der Waals surface area contributed by atoms with E-state index in [-0.39, 0.29) is 36.2 Å². The monoisotopic (exact) mass is 515 g/mol. The highest BCUT2D eigenvalue weighted by Crippen LogP contribution is 2.53. The zero-order valence-electron chi connectivity index (χ0n) is 23.4. The molecule has 2 atom stereocenters. The van der Waals surface area contributed by atoms with Gasteiger partial charge in [-0.3, -0.25) is 14.4 Å². The first-order valence-corrected chi connectivity index (χ1v) is 13.6. The molecule has 1 aliphatic carbocycles. The third-order valence-electron chi connectivity index (χ3n) is 6.96. The van der Waals surface area contributed by atoms with Crippen molar-refractivity contribution >= 4 is 17.8 Å². The van der Waals surface area contributed by atoms with Gasteiger partial charge in [0.15, 0.2) is 0 Å². The number of benzene rings is 1. The van der Waals surface area contributed by atoms with E-state index in [1.807, 2.05) is 13.8 Å². The number of esters is 1. The Kier molecular flexibility index (Phi) is 11.2. The molecule has 1 aromatic rings. The van der Waals surface area contributed by atoms with Crippen LogP contribution in [0.2, 0.25) is 0 Å². The summed E-state index contributed by atoms with van der Waals surface area (Å²) in [6.07, 6.45) is 9.32. The summed E-state index contributed by atoms with van der Waals surface area (Å²) in [6, 6.07) is 4.30.